The van der Waals surface area contributed by atoms with Crippen LogP contribution >= 0.6 is 0 Å². The number of nitrogens with zero attached hydrogens (tertiary/aromatic N) is 2. The molecule has 3 rings (SSSR count). The molecule has 5 heteroatoms. The molecular formula is C21H30N4O. The first kappa shape index (κ1) is 18.5. The first-order valence-electron chi connectivity index (χ1n) is 9.61. The van der Waals surface area contributed by atoms with Crippen molar-refractivity contribution in [1.82, 2.24) is 15.5 Å². The molecule has 1 aliphatic heterocycles. The van der Waals surface area contributed by atoms with E-state index in [1.165, 1.54) is 11.1 Å². The van der Waals surface area contributed by atoms with E-state index >= 15 is 0 Å². The summed E-state index contributed by atoms with van der Waals surface area (Å²) in [4.78, 5) is 7.31. The minimum Gasteiger partial charge on any atom is -0.469 e. The van der Waals surface area contributed by atoms with Crippen LogP contribution in [0.25, 0.3) is 0 Å². The first-order valence-corrected chi connectivity index (χ1v) is 9.61. The van der Waals surface area contributed by atoms with E-state index in [1.54, 1.807) is 6.26 Å². The van der Waals surface area contributed by atoms with Crippen LogP contribution in [0.3, 0.4) is 0 Å². The second-order valence-corrected chi connectivity index (χ2v) is 6.81. The lowest BCUT2D eigenvalue weighted by molar-refractivity contribution is 0.195. The van der Waals surface area contributed by atoms with Gasteiger partial charge in [-0.25, -0.2) is 0 Å². The zero-order valence-corrected chi connectivity index (χ0v) is 15.9. The number of benzene rings is 1. The van der Waals surface area contributed by atoms with Crippen molar-refractivity contribution in [2.75, 3.05) is 26.2 Å². The normalized spacial score (nSPS) is 16.2. The van der Waals surface area contributed by atoms with Crippen LogP contribution in [0.1, 0.15) is 30.7 Å². The van der Waals surface area contributed by atoms with Crippen molar-refractivity contribution in [3.05, 3.63) is 59.5 Å². The van der Waals surface area contributed by atoms with Crippen molar-refractivity contribution in [1.29, 1.82) is 0 Å². The molecule has 0 saturated heterocycles. The zero-order chi connectivity index (χ0) is 18.2. The smallest absolute Gasteiger partial charge is 0.191 e. The topological polar surface area (TPSA) is 52.8 Å². The fourth-order valence-corrected chi connectivity index (χ4v) is 3.33. The highest BCUT2D eigenvalue weighted by Gasteiger charge is 2.20. The van der Waals surface area contributed by atoms with Gasteiger partial charge in [-0.15, -0.1) is 0 Å². The van der Waals surface area contributed by atoms with Crippen molar-refractivity contribution in [3.8, 4) is 0 Å². The number of guanidine groups is 1. The predicted octanol–water partition coefficient (Wildman–Crippen LogP) is 2.82. The van der Waals surface area contributed by atoms with Gasteiger partial charge in [0, 0.05) is 38.6 Å². The summed E-state index contributed by atoms with van der Waals surface area (Å²) in [6.07, 6.45) is 3.70. The number of rotatable bonds is 7. The molecule has 1 aromatic heterocycles. The Bertz CT molecular complexity index is 696. The van der Waals surface area contributed by atoms with Crippen molar-refractivity contribution >= 4 is 5.96 Å². The molecule has 140 valence electrons. The molecule has 0 amide bonds. The van der Waals surface area contributed by atoms with Gasteiger partial charge < -0.3 is 15.1 Å². The summed E-state index contributed by atoms with van der Waals surface area (Å²) < 4.78 is 5.37. The molecule has 1 atom stereocenters. The lowest BCUT2D eigenvalue weighted by Crippen LogP contribution is -2.42. The van der Waals surface area contributed by atoms with E-state index in [0.29, 0.717) is 6.04 Å². The van der Waals surface area contributed by atoms with Crippen LogP contribution in [0.5, 0.6) is 0 Å². The van der Waals surface area contributed by atoms with E-state index in [1.807, 2.05) is 12.1 Å². The summed E-state index contributed by atoms with van der Waals surface area (Å²) in [5.74, 6) is 1.87. The molecule has 0 spiro atoms. The third-order valence-electron chi connectivity index (χ3n) is 4.89. The maximum absolute atomic E-state index is 5.37. The van der Waals surface area contributed by atoms with Crippen molar-refractivity contribution < 1.29 is 4.42 Å². The largest absolute Gasteiger partial charge is 0.469 e. The SMILES string of the molecule is CCNC(=NCC(C)N1CCc2ccccc2C1)NCCc1ccco1. The minimum absolute atomic E-state index is 0.420. The monoisotopic (exact) mass is 354 g/mol. The summed E-state index contributed by atoms with van der Waals surface area (Å²) in [5.41, 5.74) is 2.95. The third-order valence-corrected chi connectivity index (χ3v) is 4.89. The molecule has 1 aromatic carbocycles. The summed E-state index contributed by atoms with van der Waals surface area (Å²) in [6.45, 7) is 8.95. The van der Waals surface area contributed by atoms with Gasteiger partial charge in [0.2, 0.25) is 0 Å². The Balaban J connectivity index is 1.50. The Morgan fingerprint density at radius 2 is 2.04 bits per heavy atom. The molecule has 1 unspecified atom stereocenters. The lowest BCUT2D eigenvalue weighted by atomic mass is 9.99. The molecule has 0 bridgehead atoms. The molecular weight excluding hydrogens is 324 g/mol. The van der Waals surface area contributed by atoms with Crippen LogP contribution in [-0.2, 0) is 19.4 Å². The third kappa shape index (κ3) is 5.11. The van der Waals surface area contributed by atoms with Gasteiger partial charge in [-0.2, -0.15) is 0 Å². The molecule has 2 aromatic rings. The van der Waals surface area contributed by atoms with Crippen LogP contribution in [0.15, 0.2) is 52.1 Å². The van der Waals surface area contributed by atoms with Crippen LogP contribution in [0, 0.1) is 0 Å². The van der Waals surface area contributed by atoms with Gasteiger partial charge in [-0.05, 0) is 43.5 Å². The highest BCUT2D eigenvalue weighted by atomic mass is 16.3. The Morgan fingerprint density at radius 3 is 2.81 bits per heavy atom. The van der Waals surface area contributed by atoms with Gasteiger partial charge in [0.1, 0.15) is 5.76 Å². The molecule has 5 nitrogen and oxygen atoms in total. The van der Waals surface area contributed by atoms with E-state index < -0.39 is 0 Å². The number of aliphatic imine (C=N–C) groups is 1. The predicted molar refractivity (Wildman–Crippen MR) is 106 cm³/mol. The number of furan rings is 1. The fraction of sp³-hybridized carbons (Fsp3) is 0.476. The molecule has 2 heterocycles. The second-order valence-electron chi connectivity index (χ2n) is 6.81. The summed E-state index contributed by atoms with van der Waals surface area (Å²) in [7, 11) is 0. The van der Waals surface area contributed by atoms with Gasteiger partial charge >= 0.3 is 0 Å². The van der Waals surface area contributed by atoms with Crippen LogP contribution in [-0.4, -0.2) is 43.1 Å². The average Bonchev–Trinajstić information content (AvgIpc) is 3.19. The molecule has 26 heavy (non-hydrogen) atoms. The van der Waals surface area contributed by atoms with E-state index in [4.69, 9.17) is 9.41 Å². The minimum atomic E-state index is 0.420. The van der Waals surface area contributed by atoms with E-state index in [-0.39, 0.29) is 0 Å². The van der Waals surface area contributed by atoms with E-state index in [9.17, 15) is 0 Å². The maximum atomic E-state index is 5.37. The second kappa shape index (κ2) is 9.43. The van der Waals surface area contributed by atoms with Gasteiger partial charge in [-0.3, -0.25) is 9.89 Å². The van der Waals surface area contributed by atoms with Crippen LogP contribution in [0.4, 0.5) is 0 Å². The number of nitrogens with one attached hydrogen (secondary N) is 2. The maximum Gasteiger partial charge on any atom is 0.191 e. The first-order chi connectivity index (χ1) is 12.8. The Labute approximate surface area is 156 Å². The lowest BCUT2D eigenvalue weighted by Gasteiger charge is -2.33. The number of fused-ring (bicyclic) bond motifs is 1. The number of hydrogen-bond donors (Lipinski definition) is 2. The van der Waals surface area contributed by atoms with Crippen molar-refractivity contribution in [2.24, 2.45) is 4.99 Å². The summed E-state index contributed by atoms with van der Waals surface area (Å²) in [6, 6.07) is 13.1. The number of hydrogen-bond acceptors (Lipinski definition) is 3. The average molecular weight is 354 g/mol. The fourth-order valence-electron chi connectivity index (χ4n) is 3.33. The van der Waals surface area contributed by atoms with Gasteiger partial charge in [0.15, 0.2) is 5.96 Å². The molecule has 2 N–H and O–H groups in total. The standard InChI is InChI=1S/C21H30N4O/c1-3-22-21(23-12-10-20-9-6-14-26-20)24-15-17(2)25-13-11-18-7-4-5-8-19(18)16-25/h4-9,14,17H,3,10-13,15-16H2,1-2H3,(H2,22,23,24). The Morgan fingerprint density at radius 1 is 1.19 bits per heavy atom. The molecule has 1 aliphatic rings. The van der Waals surface area contributed by atoms with Gasteiger partial charge in [0.05, 0.1) is 12.8 Å². The highest BCUT2D eigenvalue weighted by molar-refractivity contribution is 5.79. The Kier molecular flexibility index (Phi) is 6.72. The molecule has 0 saturated carbocycles. The van der Waals surface area contributed by atoms with Crippen molar-refractivity contribution in [2.45, 2.75) is 39.3 Å². The summed E-state index contributed by atoms with van der Waals surface area (Å²) >= 11 is 0. The zero-order valence-electron chi connectivity index (χ0n) is 15.9. The molecule has 0 aliphatic carbocycles. The van der Waals surface area contributed by atoms with Crippen LogP contribution < -0.4 is 10.6 Å². The van der Waals surface area contributed by atoms with E-state index in [0.717, 1.165) is 57.3 Å². The van der Waals surface area contributed by atoms with Gasteiger partial charge in [0.25, 0.3) is 0 Å². The molecule has 0 fully saturated rings. The summed E-state index contributed by atoms with van der Waals surface area (Å²) in [5, 5.41) is 6.72. The van der Waals surface area contributed by atoms with Gasteiger partial charge in [-0.1, -0.05) is 24.3 Å². The highest BCUT2D eigenvalue weighted by Crippen LogP contribution is 2.20. The Hall–Kier alpha value is -2.27. The van der Waals surface area contributed by atoms with E-state index in [2.05, 4.69) is 53.6 Å². The van der Waals surface area contributed by atoms with Crippen molar-refractivity contribution in [3.63, 3.8) is 0 Å². The molecule has 0 radical (unpaired) electrons. The van der Waals surface area contributed by atoms with Crippen LogP contribution in [0.2, 0.25) is 0 Å². The quantitative estimate of drug-likeness (QED) is 0.593.